The van der Waals surface area contributed by atoms with Crippen molar-refractivity contribution in [2.24, 2.45) is 10.7 Å². The molecule has 2 aliphatic rings. The average Bonchev–Trinajstić information content (AvgIpc) is 2.69. The zero-order valence-corrected chi connectivity index (χ0v) is 20.1. The van der Waals surface area contributed by atoms with Crippen molar-refractivity contribution in [1.82, 2.24) is 14.7 Å². The molecule has 0 unspecified atom stereocenters. The molecule has 0 aliphatic carbocycles. The van der Waals surface area contributed by atoms with E-state index in [1.807, 2.05) is 12.1 Å². The molecule has 0 spiro atoms. The maximum atomic E-state index is 6.24. The monoisotopic (exact) mass is 520 g/mol. The Morgan fingerprint density at radius 2 is 1.68 bits per heavy atom. The lowest BCUT2D eigenvalue weighted by Crippen LogP contribution is -2.51. The van der Waals surface area contributed by atoms with E-state index in [1.54, 1.807) is 0 Å². The summed E-state index contributed by atoms with van der Waals surface area (Å²) in [6.07, 6.45) is 2.50. The summed E-state index contributed by atoms with van der Waals surface area (Å²) in [5.74, 6) is 0.689. The van der Waals surface area contributed by atoms with E-state index in [-0.39, 0.29) is 24.0 Å². The first-order valence-electron chi connectivity index (χ1n) is 9.97. The Balaban J connectivity index is 0.00000280. The van der Waals surface area contributed by atoms with E-state index in [0.717, 1.165) is 63.4 Å². The second-order valence-corrected chi connectivity index (χ2v) is 8.16. The quantitative estimate of drug-likeness (QED) is 0.367. The van der Waals surface area contributed by atoms with Crippen LogP contribution in [0.3, 0.4) is 0 Å². The number of anilines is 1. The summed E-state index contributed by atoms with van der Waals surface area (Å²) in [7, 11) is 4.36. The predicted octanol–water partition coefficient (Wildman–Crippen LogP) is 2.42. The average molecular weight is 521 g/mol. The molecule has 2 heterocycles. The highest BCUT2D eigenvalue weighted by Crippen LogP contribution is 2.19. The zero-order valence-electron chi connectivity index (χ0n) is 17.1. The van der Waals surface area contributed by atoms with Crippen molar-refractivity contribution < 1.29 is 0 Å². The highest BCUT2D eigenvalue weighted by atomic mass is 127. The molecule has 0 aromatic heterocycles. The Kier molecular flexibility index (Phi) is 9.59. The van der Waals surface area contributed by atoms with Gasteiger partial charge in [-0.25, -0.2) is 0 Å². The predicted molar refractivity (Wildman–Crippen MR) is 130 cm³/mol. The third-order valence-corrected chi connectivity index (χ3v) is 6.02. The molecular weight excluding hydrogens is 487 g/mol. The summed E-state index contributed by atoms with van der Waals surface area (Å²) in [6.45, 7) is 7.85. The fourth-order valence-corrected chi connectivity index (χ4v) is 4.04. The molecule has 6 nitrogen and oxygen atoms in total. The minimum absolute atomic E-state index is 0. The Morgan fingerprint density at radius 1 is 1.07 bits per heavy atom. The summed E-state index contributed by atoms with van der Waals surface area (Å²) < 4.78 is 0. The number of benzene rings is 1. The van der Waals surface area contributed by atoms with Crippen LogP contribution in [0.25, 0.3) is 0 Å². The van der Waals surface area contributed by atoms with Gasteiger partial charge in [-0.15, -0.1) is 24.0 Å². The van der Waals surface area contributed by atoms with Gasteiger partial charge in [-0.2, -0.15) is 0 Å². The van der Waals surface area contributed by atoms with Crippen molar-refractivity contribution in [2.75, 3.05) is 71.4 Å². The molecule has 0 amide bonds. The molecule has 2 saturated heterocycles. The lowest BCUT2D eigenvalue weighted by molar-refractivity contribution is 0.148. The topological polar surface area (TPSA) is 51.3 Å². The molecule has 28 heavy (non-hydrogen) atoms. The first-order chi connectivity index (χ1) is 13.0. The Morgan fingerprint density at radius 3 is 2.25 bits per heavy atom. The molecule has 0 atom stereocenters. The molecule has 1 aromatic carbocycles. The molecule has 0 saturated carbocycles. The number of likely N-dealkylation sites (tertiary alicyclic amines) is 1. The smallest absolute Gasteiger partial charge is 0.191 e. The molecule has 2 aliphatic heterocycles. The van der Waals surface area contributed by atoms with E-state index in [2.05, 4.69) is 50.8 Å². The number of rotatable bonds is 5. The van der Waals surface area contributed by atoms with Crippen LogP contribution in [0.4, 0.5) is 5.69 Å². The van der Waals surface area contributed by atoms with Gasteiger partial charge in [0.2, 0.25) is 0 Å². The number of nitrogens with two attached hydrogens (primary N) is 1. The van der Waals surface area contributed by atoms with Gasteiger partial charge in [0.25, 0.3) is 0 Å². The third-order valence-electron chi connectivity index (χ3n) is 5.77. The number of piperazine rings is 1. The SMILES string of the molecule is CN(C)C1CCN(CCN=C(N)N2CCN(c3ccc(Cl)cc3)CC2)CC1.I. The van der Waals surface area contributed by atoms with Crippen LogP contribution < -0.4 is 10.6 Å². The van der Waals surface area contributed by atoms with E-state index in [0.29, 0.717) is 5.96 Å². The first-order valence-corrected chi connectivity index (χ1v) is 10.3. The number of guanidine groups is 1. The van der Waals surface area contributed by atoms with Crippen molar-refractivity contribution in [3.8, 4) is 0 Å². The van der Waals surface area contributed by atoms with Gasteiger partial charge in [-0.05, 0) is 64.3 Å². The highest BCUT2D eigenvalue weighted by molar-refractivity contribution is 14.0. The van der Waals surface area contributed by atoms with Gasteiger partial charge in [-0.1, -0.05) is 11.6 Å². The fraction of sp³-hybridized carbons (Fsp3) is 0.650. The van der Waals surface area contributed by atoms with Crippen molar-refractivity contribution in [1.29, 1.82) is 0 Å². The van der Waals surface area contributed by atoms with Crippen LogP contribution in [0.1, 0.15) is 12.8 Å². The van der Waals surface area contributed by atoms with Crippen molar-refractivity contribution in [2.45, 2.75) is 18.9 Å². The zero-order chi connectivity index (χ0) is 19.2. The van der Waals surface area contributed by atoms with E-state index in [9.17, 15) is 0 Å². The molecule has 1 aromatic rings. The number of piperidine rings is 1. The van der Waals surface area contributed by atoms with Crippen LogP contribution >= 0.6 is 35.6 Å². The highest BCUT2D eigenvalue weighted by Gasteiger charge is 2.21. The summed E-state index contributed by atoms with van der Waals surface area (Å²) in [5.41, 5.74) is 7.46. The Labute approximate surface area is 191 Å². The lowest BCUT2D eigenvalue weighted by atomic mass is 10.0. The van der Waals surface area contributed by atoms with Crippen LogP contribution in [0.2, 0.25) is 5.02 Å². The normalized spacial score (nSPS) is 19.8. The van der Waals surface area contributed by atoms with Gasteiger partial charge in [-0.3, -0.25) is 4.99 Å². The molecule has 0 bridgehead atoms. The molecule has 2 fully saturated rings. The second kappa shape index (κ2) is 11.4. The van der Waals surface area contributed by atoms with E-state index in [1.165, 1.54) is 18.5 Å². The summed E-state index contributed by atoms with van der Waals surface area (Å²) >= 11 is 5.98. The Hall–Kier alpha value is -0.770. The van der Waals surface area contributed by atoms with E-state index in [4.69, 9.17) is 17.3 Å². The summed E-state index contributed by atoms with van der Waals surface area (Å²) in [4.78, 5) is 14.1. The maximum absolute atomic E-state index is 6.24. The van der Waals surface area contributed by atoms with Crippen LogP contribution in [-0.4, -0.2) is 93.2 Å². The number of hydrogen-bond acceptors (Lipinski definition) is 4. The number of halogens is 2. The van der Waals surface area contributed by atoms with Crippen molar-refractivity contribution in [3.05, 3.63) is 29.3 Å². The van der Waals surface area contributed by atoms with Crippen molar-refractivity contribution >= 4 is 47.2 Å². The van der Waals surface area contributed by atoms with Crippen molar-refractivity contribution in [3.63, 3.8) is 0 Å². The number of hydrogen-bond donors (Lipinski definition) is 1. The summed E-state index contributed by atoms with van der Waals surface area (Å²) in [5, 5.41) is 0.778. The standard InChI is InChI=1S/C20H33ClN6.HI/c1-24(2)18-7-10-25(11-8-18)12-9-23-20(22)27-15-13-26(14-16-27)19-5-3-17(21)4-6-19;/h3-6,18H,7-16H2,1-2H3,(H2,22,23);1H. The summed E-state index contributed by atoms with van der Waals surface area (Å²) in [6, 6.07) is 8.77. The van der Waals surface area contributed by atoms with E-state index < -0.39 is 0 Å². The van der Waals surface area contributed by atoms with Gasteiger partial charge in [0.1, 0.15) is 0 Å². The molecule has 3 rings (SSSR count). The second-order valence-electron chi connectivity index (χ2n) is 7.73. The van der Waals surface area contributed by atoms with Gasteiger partial charge < -0.3 is 25.3 Å². The van der Waals surface area contributed by atoms with E-state index >= 15 is 0 Å². The minimum atomic E-state index is 0. The van der Waals surface area contributed by atoms with Crippen LogP contribution in [0.15, 0.2) is 29.3 Å². The number of aliphatic imine (C=N–C) groups is 1. The molecule has 2 N–H and O–H groups in total. The lowest BCUT2D eigenvalue weighted by Gasteiger charge is -2.37. The largest absolute Gasteiger partial charge is 0.370 e. The fourth-order valence-electron chi connectivity index (χ4n) is 3.91. The third kappa shape index (κ3) is 6.64. The minimum Gasteiger partial charge on any atom is -0.370 e. The number of nitrogens with zero attached hydrogens (tertiary/aromatic N) is 5. The molecule has 0 radical (unpaired) electrons. The van der Waals surface area contributed by atoms with Gasteiger partial charge in [0, 0.05) is 49.5 Å². The molecule has 8 heteroatoms. The van der Waals surface area contributed by atoms with Gasteiger partial charge in [0.05, 0.1) is 6.54 Å². The first kappa shape index (κ1) is 23.5. The van der Waals surface area contributed by atoms with Crippen LogP contribution in [0.5, 0.6) is 0 Å². The Bertz CT molecular complexity index is 608. The van der Waals surface area contributed by atoms with Crippen LogP contribution in [-0.2, 0) is 0 Å². The van der Waals surface area contributed by atoms with Gasteiger partial charge in [0.15, 0.2) is 5.96 Å². The molecular formula is C20H34ClIN6. The maximum Gasteiger partial charge on any atom is 0.191 e. The van der Waals surface area contributed by atoms with Crippen LogP contribution in [0, 0.1) is 0 Å². The molecule has 158 valence electrons. The van der Waals surface area contributed by atoms with Gasteiger partial charge >= 0.3 is 0 Å².